The Kier molecular flexibility index (Phi) is 1.40. The highest BCUT2D eigenvalue weighted by molar-refractivity contribution is 6.03. The largest absolute Gasteiger partial charge is 0.0911 e. The van der Waals surface area contributed by atoms with Crippen molar-refractivity contribution in [1.29, 1.82) is 0 Å². The van der Waals surface area contributed by atoms with E-state index in [9.17, 15) is 0 Å². The van der Waals surface area contributed by atoms with E-state index in [0.29, 0.717) is 0 Å². The third-order valence-corrected chi connectivity index (χ3v) is 2.75. The Morgan fingerprint density at radius 2 is 1.71 bits per heavy atom. The first-order valence-electron chi connectivity index (χ1n) is 4.75. The van der Waals surface area contributed by atoms with Gasteiger partial charge in [-0.1, -0.05) is 55.1 Å². The molecule has 0 fully saturated rings. The van der Waals surface area contributed by atoms with E-state index in [1.807, 2.05) is 0 Å². The maximum atomic E-state index is 4.06. The monoisotopic (exact) mass is 178 g/mol. The van der Waals surface area contributed by atoms with Crippen LogP contribution in [0.5, 0.6) is 0 Å². The summed E-state index contributed by atoms with van der Waals surface area (Å²) < 4.78 is 0. The van der Waals surface area contributed by atoms with Crippen molar-refractivity contribution >= 4 is 22.4 Å². The Labute approximate surface area is 83.2 Å². The van der Waals surface area contributed by atoms with Crippen molar-refractivity contribution < 1.29 is 0 Å². The van der Waals surface area contributed by atoms with Crippen LogP contribution in [0.1, 0.15) is 11.1 Å². The fourth-order valence-electron chi connectivity index (χ4n) is 2.06. The predicted molar refractivity (Wildman–Crippen MR) is 62.0 cm³/mol. The van der Waals surface area contributed by atoms with Crippen molar-refractivity contribution in [3.63, 3.8) is 0 Å². The lowest BCUT2D eigenvalue weighted by atomic mass is 9.99. The summed E-state index contributed by atoms with van der Waals surface area (Å²) in [5, 5.41) is 2.59. The Balaban J connectivity index is 2.50. The normalized spacial score (nSPS) is 13.6. The van der Waals surface area contributed by atoms with E-state index in [-0.39, 0.29) is 0 Å². The topological polar surface area (TPSA) is 0 Å². The van der Waals surface area contributed by atoms with Crippen LogP contribution in [0, 0.1) is 0 Å². The van der Waals surface area contributed by atoms with Crippen LogP contribution >= 0.6 is 0 Å². The fraction of sp³-hybridized carbons (Fsp3) is 0. The highest BCUT2D eigenvalue weighted by Gasteiger charge is 2.11. The van der Waals surface area contributed by atoms with Gasteiger partial charge in [0.05, 0.1) is 0 Å². The maximum Gasteiger partial charge on any atom is -0.00388 e. The summed E-state index contributed by atoms with van der Waals surface area (Å²) >= 11 is 0. The number of fused-ring (bicyclic) bond motifs is 3. The molecule has 0 nitrogen and oxygen atoms in total. The first-order valence-corrected chi connectivity index (χ1v) is 4.75. The molecule has 0 heteroatoms. The third kappa shape index (κ3) is 0.882. The van der Waals surface area contributed by atoms with Gasteiger partial charge in [0.15, 0.2) is 0 Å². The fourth-order valence-corrected chi connectivity index (χ4v) is 2.06. The van der Waals surface area contributed by atoms with Gasteiger partial charge in [-0.15, -0.1) is 0 Å². The number of hydrogen-bond donors (Lipinski definition) is 0. The molecule has 1 aliphatic carbocycles. The van der Waals surface area contributed by atoms with E-state index in [2.05, 4.69) is 55.1 Å². The summed E-state index contributed by atoms with van der Waals surface area (Å²) in [5.74, 6) is 0. The molecule has 0 aliphatic heterocycles. The Bertz CT molecular complexity index is 559. The molecule has 66 valence electrons. The van der Waals surface area contributed by atoms with Gasteiger partial charge >= 0.3 is 0 Å². The Hall–Kier alpha value is -1.82. The van der Waals surface area contributed by atoms with Gasteiger partial charge in [-0.25, -0.2) is 0 Å². The van der Waals surface area contributed by atoms with Crippen LogP contribution in [0.3, 0.4) is 0 Å². The van der Waals surface area contributed by atoms with Crippen LogP contribution in [0.4, 0.5) is 0 Å². The number of benzene rings is 2. The number of hydrogen-bond acceptors (Lipinski definition) is 0. The molecule has 0 saturated carbocycles. The summed E-state index contributed by atoms with van der Waals surface area (Å²) in [5.41, 5.74) is 3.70. The van der Waals surface area contributed by atoms with Gasteiger partial charge in [0.2, 0.25) is 0 Å². The van der Waals surface area contributed by atoms with E-state index in [1.165, 1.54) is 21.9 Å². The van der Waals surface area contributed by atoms with E-state index in [4.69, 9.17) is 0 Å². The molecule has 3 rings (SSSR count). The van der Waals surface area contributed by atoms with E-state index in [1.54, 1.807) is 0 Å². The quantitative estimate of drug-likeness (QED) is 0.574. The first kappa shape index (κ1) is 7.57. The van der Waals surface area contributed by atoms with Crippen LogP contribution in [-0.4, -0.2) is 0 Å². The lowest BCUT2D eigenvalue weighted by Gasteiger charge is -2.05. The van der Waals surface area contributed by atoms with Crippen molar-refractivity contribution in [2.45, 2.75) is 0 Å². The predicted octanol–water partition coefficient (Wildman–Crippen LogP) is 3.88. The van der Waals surface area contributed by atoms with Gasteiger partial charge in [-0.2, -0.15) is 0 Å². The van der Waals surface area contributed by atoms with Gasteiger partial charge in [-0.3, -0.25) is 0 Å². The van der Waals surface area contributed by atoms with Crippen LogP contribution in [0.25, 0.3) is 22.4 Å². The molecule has 0 saturated heterocycles. The summed E-state index contributed by atoms with van der Waals surface area (Å²) in [7, 11) is 0. The van der Waals surface area contributed by atoms with Crippen molar-refractivity contribution in [2.75, 3.05) is 0 Å². The standard InChI is InChI=1S/C14H10/c1-10-6-7-12-9-8-11-4-2-3-5-13(11)14(10)12/h2-9H,1H2. The molecule has 0 amide bonds. The Morgan fingerprint density at radius 1 is 0.857 bits per heavy atom. The van der Waals surface area contributed by atoms with E-state index in [0.717, 1.165) is 5.57 Å². The molecule has 0 N–H and O–H groups in total. The van der Waals surface area contributed by atoms with Crippen molar-refractivity contribution in [1.82, 2.24) is 0 Å². The molecule has 0 radical (unpaired) electrons. The zero-order chi connectivity index (χ0) is 9.54. The lowest BCUT2D eigenvalue weighted by molar-refractivity contribution is 1.68. The van der Waals surface area contributed by atoms with E-state index < -0.39 is 0 Å². The van der Waals surface area contributed by atoms with Gasteiger partial charge in [0, 0.05) is 0 Å². The molecular formula is C14H10. The van der Waals surface area contributed by atoms with Gasteiger partial charge in [-0.05, 0) is 27.5 Å². The lowest BCUT2D eigenvalue weighted by Crippen LogP contribution is -1.83. The zero-order valence-corrected chi connectivity index (χ0v) is 7.83. The molecule has 0 unspecified atom stereocenters. The molecule has 1 aliphatic rings. The molecule has 0 heterocycles. The SMILES string of the molecule is C=C1C=Cc2ccc3ccccc3c21. The second kappa shape index (κ2) is 2.58. The van der Waals surface area contributed by atoms with Gasteiger partial charge in [0.25, 0.3) is 0 Å². The molecule has 2 aromatic rings. The second-order valence-corrected chi connectivity index (χ2v) is 3.61. The minimum absolute atomic E-state index is 1.12. The molecule has 2 aromatic carbocycles. The minimum Gasteiger partial charge on any atom is -0.0911 e. The Morgan fingerprint density at radius 3 is 2.64 bits per heavy atom. The first-order chi connectivity index (χ1) is 6.86. The molecule has 0 atom stereocenters. The van der Waals surface area contributed by atoms with Crippen molar-refractivity contribution in [2.24, 2.45) is 0 Å². The van der Waals surface area contributed by atoms with Crippen LogP contribution in [-0.2, 0) is 0 Å². The van der Waals surface area contributed by atoms with E-state index >= 15 is 0 Å². The summed E-state index contributed by atoms with van der Waals surface area (Å²) in [6, 6.07) is 12.8. The smallest absolute Gasteiger partial charge is 0.00388 e. The second-order valence-electron chi connectivity index (χ2n) is 3.61. The third-order valence-electron chi connectivity index (χ3n) is 2.75. The van der Waals surface area contributed by atoms with Crippen molar-refractivity contribution in [3.8, 4) is 0 Å². The molecule has 0 spiro atoms. The average molecular weight is 178 g/mol. The van der Waals surface area contributed by atoms with Crippen LogP contribution in [0.15, 0.2) is 49.1 Å². The molecule has 0 aromatic heterocycles. The van der Waals surface area contributed by atoms with Crippen molar-refractivity contribution in [3.05, 3.63) is 60.2 Å². The van der Waals surface area contributed by atoms with Crippen LogP contribution in [0.2, 0.25) is 0 Å². The zero-order valence-electron chi connectivity index (χ0n) is 7.83. The molecule has 14 heavy (non-hydrogen) atoms. The molecular weight excluding hydrogens is 168 g/mol. The minimum atomic E-state index is 1.12. The number of allylic oxidation sites excluding steroid dienone is 2. The van der Waals surface area contributed by atoms with Crippen LogP contribution < -0.4 is 0 Å². The van der Waals surface area contributed by atoms with Gasteiger partial charge < -0.3 is 0 Å². The average Bonchev–Trinajstić information content (AvgIpc) is 2.61. The number of rotatable bonds is 0. The summed E-state index contributed by atoms with van der Waals surface area (Å²) in [6.45, 7) is 4.06. The van der Waals surface area contributed by atoms with Gasteiger partial charge in [0.1, 0.15) is 0 Å². The summed E-state index contributed by atoms with van der Waals surface area (Å²) in [4.78, 5) is 0. The highest BCUT2D eigenvalue weighted by atomic mass is 14.1. The summed E-state index contributed by atoms with van der Waals surface area (Å²) in [6.07, 6.45) is 4.21. The molecule has 0 bridgehead atoms. The maximum absolute atomic E-state index is 4.06. The highest BCUT2D eigenvalue weighted by Crippen LogP contribution is 2.33.